The molecule has 0 spiro atoms. The van der Waals surface area contributed by atoms with E-state index in [1.807, 2.05) is 0 Å². The molecule has 0 aliphatic carbocycles. The third-order valence-electron chi connectivity index (χ3n) is 0. The van der Waals surface area contributed by atoms with Crippen molar-refractivity contribution in [3.63, 3.8) is 0 Å². The van der Waals surface area contributed by atoms with E-state index in [4.69, 9.17) is 0 Å². The SMILES string of the molecule is CO[SiH3].F.F.F.F.[SiH4]. The molecule has 0 radical (unpaired) electrons. The van der Waals surface area contributed by atoms with Crippen molar-refractivity contribution >= 4 is 21.5 Å². The molecule has 0 bridgehead atoms. The van der Waals surface area contributed by atoms with Crippen molar-refractivity contribution in [1.29, 1.82) is 0 Å². The standard InChI is InChI=1S/CH6OSi.4FH.H4Si/c1-2-3;;;;;/h1,3H3;4*1H;1H4. The van der Waals surface area contributed by atoms with Crippen molar-refractivity contribution in [3.05, 3.63) is 0 Å². The number of hydrogen-bond donors (Lipinski definition) is 0. The van der Waals surface area contributed by atoms with Gasteiger partial charge in [0.05, 0.1) is 0 Å². The molecule has 0 unspecified atom stereocenters. The lowest BCUT2D eigenvalue weighted by Gasteiger charge is -1.61. The molecule has 0 aliphatic heterocycles. The predicted molar refractivity (Wildman–Crippen MR) is 38.3 cm³/mol. The first-order valence-electron chi connectivity index (χ1n) is 0.816. The van der Waals surface area contributed by atoms with Gasteiger partial charge in [0.1, 0.15) is 10.5 Å². The van der Waals surface area contributed by atoms with E-state index in [-0.39, 0.29) is 29.8 Å². The maximum Gasteiger partial charge on any atom is 0.145 e. The van der Waals surface area contributed by atoms with E-state index in [1.165, 1.54) is 0 Å². The first kappa shape index (κ1) is 91.9. The molecule has 0 aliphatic rings. The molecule has 8 heavy (non-hydrogen) atoms. The molecule has 0 saturated carbocycles. The molecular weight excluding hydrogens is 160 g/mol. The molecule has 1 nitrogen and oxygen atoms in total. The molecule has 0 rings (SSSR count). The molecule has 0 fully saturated rings. The van der Waals surface area contributed by atoms with Gasteiger partial charge in [-0.3, -0.25) is 18.8 Å². The van der Waals surface area contributed by atoms with Crippen LogP contribution < -0.4 is 0 Å². The predicted octanol–water partition coefficient (Wildman–Crippen LogP) is -1.93. The second-order valence-electron chi connectivity index (χ2n) is 0.408. The van der Waals surface area contributed by atoms with Crippen LogP contribution in [0.5, 0.6) is 0 Å². The van der Waals surface area contributed by atoms with Gasteiger partial charge in [0.15, 0.2) is 0 Å². The van der Waals surface area contributed by atoms with E-state index in [0.717, 1.165) is 10.5 Å². The quantitative estimate of drug-likeness (QED) is 0.307. The maximum atomic E-state index is 4.39. The Bertz CT molecular complexity index is 14.0. The Morgan fingerprint density at radius 2 is 1.00 bits per heavy atom. The number of hydrogen-bond acceptors (Lipinski definition) is 1. The van der Waals surface area contributed by atoms with Gasteiger partial charge in [-0.25, -0.2) is 0 Å². The van der Waals surface area contributed by atoms with Crippen molar-refractivity contribution in [1.82, 2.24) is 0 Å². The highest BCUT2D eigenvalue weighted by Gasteiger charge is 1.27. The smallest absolute Gasteiger partial charge is 0.145 e. The Balaban J connectivity index is -0.00000000200. The van der Waals surface area contributed by atoms with E-state index in [9.17, 15) is 0 Å². The molecule has 0 atom stereocenters. The molecule has 0 saturated heterocycles. The summed E-state index contributed by atoms with van der Waals surface area (Å²) in [6.07, 6.45) is 0. The van der Waals surface area contributed by atoms with E-state index in [0.29, 0.717) is 0 Å². The minimum Gasteiger partial charge on any atom is -0.431 e. The van der Waals surface area contributed by atoms with Gasteiger partial charge in [-0.2, -0.15) is 0 Å². The summed E-state index contributed by atoms with van der Waals surface area (Å²) >= 11 is 0. The molecule has 0 aromatic heterocycles. The third kappa shape index (κ3) is 12400. The summed E-state index contributed by atoms with van der Waals surface area (Å²) in [5.74, 6) is 0. The zero-order valence-electron chi connectivity index (χ0n) is 4.04. The summed E-state index contributed by atoms with van der Waals surface area (Å²) in [5.41, 5.74) is 0. The molecule has 7 heteroatoms. The number of halogens is 4. The zero-order valence-corrected chi connectivity index (χ0v) is 6.04. The van der Waals surface area contributed by atoms with Crippen molar-refractivity contribution in [2.24, 2.45) is 0 Å². The van der Waals surface area contributed by atoms with Crippen molar-refractivity contribution < 1.29 is 23.2 Å². The van der Waals surface area contributed by atoms with Crippen LogP contribution in [0, 0.1) is 0 Å². The molecule has 0 aromatic carbocycles. The fraction of sp³-hybridized carbons (Fsp3) is 1.00. The van der Waals surface area contributed by atoms with Crippen LogP contribution in [0.15, 0.2) is 0 Å². The van der Waals surface area contributed by atoms with E-state index in [1.54, 1.807) is 7.11 Å². The van der Waals surface area contributed by atoms with E-state index < -0.39 is 0 Å². The summed E-state index contributed by atoms with van der Waals surface area (Å²) in [6.45, 7) is 0. The lowest BCUT2D eigenvalue weighted by molar-refractivity contribution is 0.460. The minimum atomic E-state index is 0. The lowest BCUT2D eigenvalue weighted by Crippen LogP contribution is -1.60. The second-order valence-corrected chi connectivity index (χ2v) is 1.22. The van der Waals surface area contributed by atoms with Gasteiger partial charge in [-0.15, -0.1) is 0 Å². The van der Waals surface area contributed by atoms with Crippen LogP contribution in [0.1, 0.15) is 0 Å². The molecule has 0 amide bonds. The Kier molecular flexibility index (Phi) is 2460. The highest BCUT2D eigenvalue weighted by molar-refractivity contribution is 5.97. The fourth-order valence-electron chi connectivity index (χ4n) is 0. The molecule has 60 valence electrons. The Morgan fingerprint density at radius 1 is 1.00 bits per heavy atom. The first-order chi connectivity index (χ1) is 1.41. The van der Waals surface area contributed by atoms with Crippen LogP contribution in [0.2, 0.25) is 0 Å². The van der Waals surface area contributed by atoms with Crippen molar-refractivity contribution in [3.8, 4) is 0 Å². The van der Waals surface area contributed by atoms with Crippen molar-refractivity contribution in [2.45, 2.75) is 0 Å². The zero-order chi connectivity index (χ0) is 2.71. The van der Waals surface area contributed by atoms with Gasteiger partial charge in [-0.1, -0.05) is 0 Å². The van der Waals surface area contributed by atoms with E-state index in [2.05, 4.69) is 4.43 Å². The van der Waals surface area contributed by atoms with Crippen molar-refractivity contribution in [2.75, 3.05) is 7.11 Å². The van der Waals surface area contributed by atoms with Gasteiger partial charge >= 0.3 is 0 Å². The van der Waals surface area contributed by atoms with Crippen LogP contribution in [0.25, 0.3) is 0 Å². The first-order valence-corrected chi connectivity index (χ1v) is 1.63. The van der Waals surface area contributed by atoms with Crippen LogP contribution in [-0.4, -0.2) is 28.6 Å². The normalized spacial score (nSPS) is 2.62. The lowest BCUT2D eigenvalue weighted by atomic mass is 11.8. The molecule has 0 aromatic rings. The Hall–Kier alpha value is 0.114. The maximum absolute atomic E-state index is 4.39. The van der Waals surface area contributed by atoms with Crippen LogP contribution in [-0.2, 0) is 4.43 Å². The Morgan fingerprint density at radius 3 is 1.00 bits per heavy atom. The highest BCUT2D eigenvalue weighted by Crippen LogP contribution is 1.24. The van der Waals surface area contributed by atoms with Crippen LogP contribution >= 0.6 is 0 Å². The summed E-state index contributed by atoms with van der Waals surface area (Å²) in [6, 6.07) is 0. The average molecular weight is 174 g/mol. The van der Waals surface area contributed by atoms with Gasteiger partial charge < -0.3 is 4.43 Å². The number of rotatable bonds is 0. The average Bonchev–Trinajstić information content (AvgIpc) is 0.918. The molecular formula is CH14F4OSi2. The van der Waals surface area contributed by atoms with Gasteiger partial charge in [0, 0.05) is 7.11 Å². The summed E-state index contributed by atoms with van der Waals surface area (Å²) in [4.78, 5) is 0. The van der Waals surface area contributed by atoms with E-state index >= 15 is 0 Å². The minimum absolute atomic E-state index is 0. The molecule has 0 N–H and O–H groups in total. The largest absolute Gasteiger partial charge is 0.431 e. The van der Waals surface area contributed by atoms with Gasteiger partial charge in [0.2, 0.25) is 0 Å². The fourth-order valence-corrected chi connectivity index (χ4v) is 0. The summed E-state index contributed by atoms with van der Waals surface area (Å²) in [5, 5.41) is 0. The topological polar surface area (TPSA) is 9.23 Å². The van der Waals surface area contributed by atoms with Crippen LogP contribution in [0.4, 0.5) is 18.8 Å². The summed E-state index contributed by atoms with van der Waals surface area (Å²) in [7, 11) is 2.56. The monoisotopic (exact) mass is 174 g/mol. The van der Waals surface area contributed by atoms with Gasteiger partial charge in [0.25, 0.3) is 0 Å². The Labute approximate surface area is 52.8 Å². The summed E-state index contributed by atoms with van der Waals surface area (Å²) < 4.78 is 4.39. The highest BCUT2D eigenvalue weighted by atomic mass is 28.2. The second kappa shape index (κ2) is 214. The molecule has 0 heterocycles. The van der Waals surface area contributed by atoms with Gasteiger partial charge in [-0.05, 0) is 11.0 Å². The van der Waals surface area contributed by atoms with Crippen LogP contribution in [0.3, 0.4) is 0 Å². The third-order valence-corrected chi connectivity index (χ3v) is 0.